The van der Waals surface area contributed by atoms with Crippen LogP contribution in [0.4, 0.5) is 5.82 Å². The summed E-state index contributed by atoms with van der Waals surface area (Å²) in [6.07, 6.45) is 3.02. The van der Waals surface area contributed by atoms with Crippen molar-refractivity contribution >= 4 is 23.5 Å². The van der Waals surface area contributed by atoms with Gasteiger partial charge in [0.25, 0.3) is 0 Å². The van der Waals surface area contributed by atoms with Gasteiger partial charge in [-0.2, -0.15) is 5.10 Å². The summed E-state index contributed by atoms with van der Waals surface area (Å²) in [5, 5.41) is 17.1. The van der Waals surface area contributed by atoms with Gasteiger partial charge in [0.2, 0.25) is 5.91 Å². The number of hydrogen-bond acceptors (Lipinski definition) is 5. The van der Waals surface area contributed by atoms with Crippen LogP contribution in [0.15, 0.2) is 71.9 Å². The second-order valence-corrected chi connectivity index (χ2v) is 8.88. The number of nitrogens with zero attached hydrogens (tertiary/aromatic N) is 5. The standard InChI is InChI=1S/C24H24N6OS/c1-29-22(14-17-8-4-2-5-9-17)26-27-24(29)32-16-23(31)25-21-15-20(18-12-13-18)28-30(21)19-10-6-3-7-11-19/h2-11,15,18H,12-14,16H2,1H3,(H,25,31). The van der Waals surface area contributed by atoms with Gasteiger partial charge in [-0.15, -0.1) is 10.2 Å². The normalized spacial score (nSPS) is 13.3. The molecular formula is C24H24N6OS. The van der Waals surface area contributed by atoms with Crippen LogP contribution in [-0.4, -0.2) is 36.2 Å². The number of anilines is 1. The van der Waals surface area contributed by atoms with Crippen LogP contribution in [-0.2, 0) is 18.3 Å². The highest BCUT2D eigenvalue weighted by atomic mass is 32.2. The lowest BCUT2D eigenvalue weighted by atomic mass is 10.1. The third-order valence-corrected chi connectivity index (χ3v) is 6.47. The molecule has 0 atom stereocenters. The van der Waals surface area contributed by atoms with E-state index >= 15 is 0 Å². The van der Waals surface area contributed by atoms with Crippen molar-refractivity contribution < 1.29 is 4.79 Å². The number of amides is 1. The molecule has 5 rings (SSSR count). The molecule has 162 valence electrons. The maximum absolute atomic E-state index is 12.7. The van der Waals surface area contributed by atoms with E-state index in [-0.39, 0.29) is 11.7 Å². The molecule has 1 amide bonds. The van der Waals surface area contributed by atoms with Crippen molar-refractivity contribution in [2.24, 2.45) is 7.05 Å². The third kappa shape index (κ3) is 4.60. The lowest BCUT2D eigenvalue weighted by molar-refractivity contribution is -0.113. The van der Waals surface area contributed by atoms with Gasteiger partial charge in [-0.3, -0.25) is 4.79 Å². The number of rotatable bonds is 8. The summed E-state index contributed by atoms with van der Waals surface area (Å²) in [4.78, 5) is 12.7. The van der Waals surface area contributed by atoms with E-state index in [1.807, 2.05) is 70.9 Å². The summed E-state index contributed by atoms with van der Waals surface area (Å²) in [5.41, 5.74) is 3.15. The molecule has 0 unspecified atom stereocenters. The molecule has 1 saturated carbocycles. The van der Waals surface area contributed by atoms with Crippen LogP contribution >= 0.6 is 11.8 Å². The van der Waals surface area contributed by atoms with Crippen LogP contribution in [0.1, 0.15) is 35.8 Å². The van der Waals surface area contributed by atoms with Gasteiger partial charge in [0.1, 0.15) is 11.6 Å². The van der Waals surface area contributed by atoms with Crippen molar-refractivity contribution in [3.05, 3.63) is 83.8 Å². The van der Waals surface area contributed by atoms with Crippen LogP contribution in [0.5, 0.6) is 0 Å². The van der Waals surface area contributed by atoms with Gasteiger partial charge >= 0.3 is 0 Å². The molecule has 1 N–H and O–H groups in total. The summed E-state index contributed by atoms with van der Waals surface area (Å²) in [6.45, 7) is 0. The molecule has 4 aromatic rings. The monoisotopic (exact) mass is 444 g/mol. The predicted molar refractivity (Wildman–Crippen MR) is 125 cm³/mol. The van der Waals surface area contributed by atoms with Crippen molar-refractivity contribution in [1.82, 2.24) is 24.5 Å². The van der Waals surface area contributed by atoms with Crippen LogP contribution in [0.3, 0.4) is 0 Å². The Morgan fingerprint density at radius 1 is 1.06 bits per heavy atom. The number of hydrogen-bond donors (Lipinski definition) is 1. The Kier molecular flexibility index (Phi) is 5.77. The molecule has 32 heavy (non-hydrogen) atoms. The quantitative estimate of drug-likeness (QED) is 0.412. The second kappa shape index (κ2) is 9.00. The smallest absolute Gasteiger partial charge is 0.236 e. The van der Waals surface area contributed by atoms with E-state index in [1.54, 1.807) is 0 Å². The fourth-order valence-electron chi connectivity index (χ4n) is 3.55. The van der Waals surface area contributed by atoms with Crippen LogP contribution in [0.2, 0.25) is 0 Å². The Morgan fingerprint density at radius 2 is 1.78 bits per heavy atom. The average Bonchev–Trinajstić information content (AvgIpc) is 3.51. The SMILES string of the molecule is Cn1c(Cc2ccccc2)nnc1SCC(=O)Nc1cc(C2CC2)nn1-c1ccccc1. The lowest BCUT2D eigenvalue weighted by Crippen LogP contribution is -2.17. The molecule has 2 aromatic heterocycles. The van der Waals surface area contributed by atoms with Gasteiger partial charge in [0, 0.05) is 25.5 Å². The van der Waals surface area contributed by atoms with Gasteiger partial charge < -0.3 is 9.88 Å². The number of para-hydroxylation sites is 1. The molecule has 1 fully saturated rings. The minimum Gasteiger partial charge on any atom is -0.310 e. The topological polar surface area (TPSA) is 77.6 Å². The molecule has 2 aromatic carbocycles. The van der Waals surface area contributed by atoms with Crippen molar-refractivity contribution in [2.75, 3.05) is 11.1 Å². The number of benzene rings is 2. The van der Waals surface area contributed by atoms with E-state index in [9.17, 15) is 4.79 Å². The summed E-state index contributed by atoms with van der Waals surface area (Å²) in [7, 11) is 1.94. The Bertz CT molecular complexity index is 1210. The van der Waals surface area contributed by atoms with E-state index in [0.29, 0.717) is 18.2 Å². The highest BCUT2D eigenvalue weighted by molar-refractivity contribution is 7.99. The maximum atomic E-state index is 12.7. The van der Waals surface area contributed by atoms with Crippen molar-refractivity contribution in [3.63, 3.8) is 0 Å². The van der Waals surface area contributed by atoms with Gasteiger partial charge in [-0.25, -0.2) is 4.68 Å². The number of nitrogens with one attached hydrogen (secondary N) is 1. The Labute approximate surface area is 190 Å². The first-order chi connectivity index (χ1) is 15.7. The summed E-state index contributed by atoms with van der Waals surface area (Å²) < 4.78 is 3.76. The fraction of sp³-hybridized carbons (Fsp3) is 0.250. The molecule has 8 heteroatoms. The fourth-order valence-corrected chi connectivity index (χ4v) is 4.28. The number of thioether (sulfide) groups is 1. The number of carbonyl (C=O) groups is 1. The molecule has 0 radical (unpaired) electrons. The maximum Gasteiger partial charge on any atom is 0.236 e. The molecule has 0 bridgehead atoms. The average molecular weight is 445 g/mol. The summed E-state index contributed by atoms with van der Waals surface area (Å²) in [6, 6.07) is 22.0. The summed E-state index contributed by atoms with van der Waals surface area (Å²) in [5.74, 6) is 2.23. The van der Waals surface area contributed by atoms with Crippen LogP contribution in [0.25, 0.3) is 5.69 Å². The Balaban J connectivity index is 1.25. The Morgan fingerprint density at radius 3 is 2.50 bits per heavy atom. The molecule has 1 aliphatic rings. The molecule has 1 aliphatic carbocycles. The Hall–Kier alpha value is -3.39. The zero-order valence-electron chi connectivity index (χ0n) is 17.8. The molecule has 7 nitrogen and oxygen atoms in total. The molecule has 0 spiro atoms. The van der Waals surface area contributed by atoms with E-state index < -0.39 is 0 Å². The van der Waals surface area contributed by atoms with Crippen molar-refractivity contribution in [3.8, 4) is 5.69 Å². The summed E-state index contributed by atoms with van der Waals surface area (Å²) >= 11 is 1.38. The third-order valence-electron chi connectivity index (χ3n) is 5.45. The van der Waals surface area contributed by atoms with Gasteiger partial charge in [0.15, 0.2) is 5.16 Å². The van der Waals surface area contributed by atoms with Gasteiger partial charge in [0.05, 0.1) is 17.1 Å². The minimum atomic E-state index is -0.0953. The highest BCUT2D eigenvalue weighted by Crippen LogP contribution is 2.40. The van der Waals surface area contributed by atoms with E-state index in [1.165, 1.54) is 17.3 Å². The van der Waals surface area contributed by atoms with Gasteiger partial charge in [-0.1, -0.05) is 60.3 Å². The molecule has 2 heterocycles. The zero-order valence-corrected chi connectivity index (χ0v) is 18.6. The van der Waals surface area contributed by atoms with Crippen LogP contribution < -0.4 is 5.32 Å². The molecular weight excluding hydrogens is 420 g/mol. The van der Waals surface area contributed by atoms with Crippen molar-refractivity contribution in [2.45, 2.75) is 30.3 Å². The van der Waals surface area contributed by atoms with Gasteiger partial charge in [-0.05, 0) is 30.5 Å². The first-order valence-corrected chi connectivity index (χ1v) is 11.7. The minimum absolute atomic E-state index is 0.0953. The number of aromatic nitrogens is 5. The first kappa shape index (κ1) is 20.5. The van der Waals surface area contributed by atoms with E-state index in [2.05, 4.69) is 27.6 Å². The first-order valence-electron chi connectivity index (χ1n) is 10.7. The largest absolute Gasteiger partial charge is 0.310 e. The number of carbonyl (C=O) groups excluding carboxylic acids is 1. The van der Waals surface area contributed by atoms with Crippen LogP contribution in [0, 0.1) is 0 Å². The highest BCUT2D eigenvalue weighted by Gasteiger charge is 2.28. The zero-order chi connectivity index (χ0) is 21.9. The molecule has 0 aliphatic heterocycles. The predicted octanol–water partition coefficient (Wildman–Crippen LogP) is 4.20. The van der Waals surface area contributed by atoms with E-state index in [4.69, 9.17) is 5.10 Å². The molecule has 0 saturated heterocycles. The van der Waals surface area contributed by atoms with E-state index in [0.717, 1.165) is 35.2 Å². The lowest BCUT2D eigenvalue weighted by Gasteiger charge is -2.09. The second-order valence-electron chi connectivity index (χ2n) is 7.93. The van der Waals surface area contributed by atoms with Crippen molar-refractivity contribution in [1.29, 1.82) is 0 Å².